The molecule has 26 heavy (non-hydrogen) atoms. The summed E-state index contributed by atoms with van der Waals surface area (Å²) in [6, 6.07) is 5.60. The number of Topliss-reactive ketones (excluding diaryl/α,β-unsaturated/α-hetero) is 1. The first-order valence-corrected chi connectivity index (χ1v) is 8.53. The zero-order valence-corrected chi connectivity index (χ0v) is 14.7. The Kier molecular flexibility index (Phi) is 5.17. The third-order valence-corrected chi connectivity index (χ3v) is 4.23. The van der Waals surface area contributed by atoms with Crippen LogP contribution in [0.25, 0.3) is 11.5 Å². The van der Waals surface area contributed by atoms with Crippen LogP contribution in [0.4, 0.5) is 10.1 Å². The standard InChI is InChI=1S/C17H14FN3O4S/c1-9-12(5-6-24-9)16-20-21-17(25-16)26-8-15(23)13-4-3-11(7-14(13)18)19-10(2)22/h3-7H,8H2,1-2H3,(H,19,22). The molecule has 0 aliphatic rings. The molecule has 134 valence electrons. The number of carbonyl (C=O) groups excluding carboxylic acids is 2. The zero-order valence-electron chi connectivity index (χ0n) is 13.9. The molecule has 3 rings (SSSR count). The van der Waals surface area contributed by atoms with E-state index in [9.17, 15) is 14.0 Å². The number of nitrogens with one attached hydrogen (secondary N) is 1. The van der Waals surface area contributed by atoms with Crippen molar-refractivity contribution in [2.45, 2.75) is 19.1 Å². The molecule has 1 N–H and O–H groups in total. The Bertz CT molecular complexity index is 967. The lowest BCUT2D eigenvalue weighted by Crippen LogP contribution is -2.09. The Morgan fingerprint density at radius 1 is 1.27 bits per heavy atom. The minimum Gasteiger partial charge on any atom is -0.469 e. The highest BCUT2D eigenvalue weighted by atomic mass is 32.2. The number of rotatable bonds is 6. The molecule has 7 nitrogen and oxygen atoms in total. The zero-order chi connectivity index (χ0) is 18.7. The number of hydrogen-bond donors (Lipinski definition) is 1. The largest absolute Gasteiger partial charge is 0.469 e. The Morgan fingerprint density at radius 3 is 2.73 bits per heavy atom. The summed E-state index contributed by atoms with van der Waals surface area (Å²) >= 11 is 1.01. The first-order valence-electron chi connectivity index (χ1n) is 7.55. The molecule has 0 atom stereocenters. The highest BCUT2D eigenvalue weighted by Gasteiger charge is 2.17. The van der Waals surface area contributed by atoms with Gasteiger partial charge in [0.1, 0.15) is 11.6 Å². The van der Waals surface area contributed by atoms with E-state index in [1.165, 1.54) is 25.3 Å². The van der Waals surface area contributed by atoms with E-state index >= 15 is 0 Å². The van der Waals surface area contributed by atoms with Gasteiger partial charge in [-0.3, -0.25) is 9.59 Å². The summed E-state index contributed by atoms with van der Waals surface area (Å²) < 4.78 is 24.7. The van der Waals surface area contributed by atoms with Gasteiger partial charge in [-0.25, -0.2) is 4.39 Å². The Balaban J connectivity index is 1.65. The molecule has 0 spiro atoms. The van der Waals surface area contributed by atoms with Gasteiger partial charge in [0, 0.05) is 12.6 Å². The monoisotopic (exact) mass is 375 g/mol. The number of furan rings is 1. The molecule has 1 amide bonds. The predicted molar refractivity (Wildman–Crippen MR) is 92.5 cm³/mol. The van der Waals surface area contributed by atoms with Gasteiger partial charge < -0.3 is 14.2 Å². The first kappa shape index (κ1) is 17.9. The van der Waals surface area contributed by atoms with Gasteiger partial charge in [-0.1, -0.05) is 11.8 Å². The van der Waals surface area contributed by atoms with E-state index in [1.807, 2.05) is 0 Å². The summed E-state index contributed by atoms with van der Waals surface area (Å²) in [5.74, 6) is -0.593. The molecule has 2 heterocycles. The molecule has 9 heteroatoms. The number of anilines is 1. The van der Waals surface area contributed by atoms with Crippen molar-refractivity contribution in [3.63, 3.8) is 0 Å². The molecule has 1 aromatic carbocycles. The molecule has 0 bridgehead atoms. The van der Waals surface area contributed by atoms with E-state index in [0.717, 1.165) is 17.8 Å². The highest BCUT2D eigenvalue weighted by Crippen LogP contribution is 2.27. The van der Waals surface area contributed by atoms with Crippen LogP contribution in [-0.4, -0.2) is 27.6 Å². The summed E-state index contributed by atoms with van der Waals surface area (Å²) in [5, 5.41) is 10.4. The van der Waals surface area contributed by atoms with Crippen molar-refractivity contribution in [2.75, 3.05) is 11.1 Å². The second-order valence-electron chi connectivity index (χ2n) is 5.35. The van der Waals surface area contributed by atoms with E-state index in [-0.39, 0.29) is 34.0 Å². The summed E-state index contributed by atoms with van der Waals surface area (Å²) in [6.07, 6.45) is 1.51. The van der Waals surface area contributed by atoms with Crippen LogP contribution >= 0.6 is 11.8 Å². The van der Waals surface area contributed by atoms with Gasteiger partial charge in [-0.2, -0.15) is 0 Å². The predicted octanol–water partition coefficient (Wildman–Crippen LogP) is 3.71. The van der Waals surface area contributed by atoms with E-state index in [4.69, 9.17) is 8.83 Å². The average Bonchev–Trinajstić information content (AvgIpc) is 3.20. The van der Waals surface area contributed by atoms with Crippen molar-refractivity contribution >= 4 is 29.1 Å². The van der Waals surface area contributed by atoms with Crippen molar-refractivity contribution in [3.8, 4) is 11.5 Å². The van der Waals surface area contributed by atoms with E-state index < -0.39 is 11.6 Å². The van der Waals surface area contributed by atoms with E-state index in [1.54, 1.807) is 13.0 Å². The molecule has 0 aliphatic carbocycles. The number of aromatic nitrogens is 2. The average molecular weight is 375 g/mol. The molecule has 0 saturated heterocycles. The summed E-state index contributed by atoms with van der Waals surface area (Å²) in [5.41, 5.74) is 0.892. The smallest absolute Gasteiger partial charge is 0.277 e. The fraction of sp³-hybridized carbons (Fsp3) is 0.176. The van der Waals surface area contributed by atoms with Crippen LogP contribution < -0.4 is 5.32 Å². The molecule has 0 unspecified atom stereocenters. The number of halogens is 1. The Hall–Kier alpha value is -2.94. The highest BCUT2D eigenvalue weighted by molar-refractivity contribution is 7.99. The maximum absolute atomic E-state index is 14.1. The van der Waals surface area contributed by atoms with Crippen LogP contribution in [0.15, 0.2) is 44.6 Å². The van der Waals surface area contributed by atoms with Crippen molar-refractivity contribution in [2.24, 2.45) is 0 Å². The summed E-state index contributed by atoms with van der Waals surface area (Å²) in [7, 11) is 0. The van der Waals surface area contributed by atoms with Crippen molar-refractivity contribution in [1.82, 2.24) is 10.2 Å². The van der Waals surface area contributed by atoms with Crippen molar-refractivity contribution in [3.05, 3.63) is 47.7 Å². The topological polar surface area (TPSA) is 98.2 Å². The molecule has 0 fully saturated rings. The lowest BCUT2D eigenvalue weighted by Gasteiger charge is -2.05. The number of thioether (sulfide) groups is 1. The fourth-order valence-electron chi connectivity index (χ4n) is 2.21. The quantitative estimate of drug-likeness (QED) is 0.518. The molecule has 3 aromatic rings. The second kappa shape index (κ2) is 7.52. The number of aryl methyl sites for hydroxylation is 1. The van der Waals surface area contributed by atoms with Gasteiger partial charge in [0.05, 0.1) is 23.1 Å². The van der Waals surface area contributed by atoms with Crippen LogP contribution in [0.2, 0.25) is 0 Å². The number of nitrogens with zero attached hydrogens (tertiary/aromatic N) is 2. The normalized spacial score (nSPS) is 10.7. The lowest BCUT2D eigenvalue weighted by molar-refractivity contribution is -0.114. The maximum Gasteiger partial charge on any atom is 0.277 e. The van der Waals surface area contributed by atoms with Crippen LogP contribution in [0.1, 0.15) is 23.0 Å². The first-order chi connectivity index (χ1) is 12.4. The number of benzene rings is 1. The van der Waals surface area contributed by atoms with Crippen LogP contribution in [-0.2, 0) is 4.79 Å². The van der Waals surface area contributed by atoms with E-state index in [0.29, 0.717) is 11.3 Å². The van der Waals surface area contributed by atoms with Gasteiger partial charge >= 0.3 is 0 Å². The van der Waals surface area contributed by atoms with Gasteiger partial charge in [-0.05, 0) is 31.2 Å². The fourth-order valence-corrected chi connectivity index (χ4v) is 2.86. The molecule has 0 aliphatic heterocycles. The second-order valence-corrected chi connectivity index (χ2v) is 6.28. The minimum absolute atomic E-state index is 0.0671. The minimum atomic E-state index is -0.706. The van der Waals surface area contributed by atoms with E-state index in [2.05, 4.69) is 15.5 Å². The third-order valence-electron chi connectivity index (χ3n) is 3.41. The third kappa shape index (κ3) is 3.99. The molecular weight excluding hydrogens is 361 g/mol. The SMILES string of the molecule is CC(=O)Nc1ccc(C(=O)CSc2nnc(-c3ccoc3C)o2)c(F)c1. The summed E-state index contributed by atoms with van der Waals surface area (Å²) in [6.45, 7) is 3.08. The molecule has 2 aromatic heterocycles. The Morgan fingerprint density at radius 2 is 2.08 bits per heavy atom. The molecule has 0 radical (unpaired) electrons. The van der Waals surface area contributed by atoms with Crippen LogP contribution in [0, 0.1) is 12.7 Å². The number of carbonyl (C=O) groups is 2. The number of amides is 1. The molecular formula is C17H14FN3O4S. The molecule has 0 saturated carbocycles. The van der Waals surface area contributed by atoms with Crippen molar-refractivity contribution in [1.29, 1.82) is 0 Å². The number of hydrogen-bond acceptors (Lipinski definition) is 7. The van der Waals surface area contributed by atoms with Crippen LogP contribution in [0.5, 0.6) is 0 Å². The Labute approximate surface area is 152 Å². The maximum atomic E-state index is 14.1. The van der Waals surface area contributed by atoms with Gasteiger partial charge in [0.25, 0.3) is 11.1 Å². The number of ketones is 1. The van der Waals surface area contributed by atoms with Gasteiger partial charge in [0.2, 0.25) is 5.91 Å². The van der Waals surface area contributed by atoms with Gasteiger partial charge in [0.15, 0.2) is 5.78 Å². The lowest BCUT2D eigenvalue weighted by atomic mass is 10.1. The van der Waals surface area contributed by atoms with Crippen molar-refractivity contribution < 1.29 is 22.8 Å². The van der Waals surface area contributed by atoms with Gasteiger partial charge in [-0.15, -0.1) is 10.2 Å². The summed E-state index contributed by atoms with van der Waals surface area (Å²) in [4.78, 5) is 23.2. The van der Waals surface area contributed by atoms with Crippen LogP contribution in [0.3, 0.4) is 0 Å².